The summed E-state index contributed by atoms with van der Waals surface area (Å²) < 4.78 is 25.4. The molecule has 0 fully saturated rings. The van der Waals surface area contributed by atoms with Gasteiger partial charge in [-0.15, -0.1) is 11.3 Å². The summed E-state index contributed by atoms with van der Waals surface area (Å²) in [4.78, 5) is 16.1. The molecule has 5 nitrogen and oxygen atoms in total. The largest absolute Gasteiger partial charge is 0.325 e. The molecule has 0 saturated carbocycles. The number of para-hydroxylation sites is 1. The second kappa shape index (κ2) is 6.10. The molecule has 0 atom stereocenters. The van der Waals surface area contributed by atoms with Gasteiger partial charge in [-0.3, -0.25) is 4.79 Å². The fraction of sp³-hybridized carbons (Fsp3) is 0.125. The molecule has 0 aliphatic carbocycles. The predicted molar refractivity (Wildman–Crippen MR) is 91.5 cm³/mol. The van der Waals surface area contributed by atoms with E-state index >= 15 is 0 Å². The molecule has 3 rings (SSSR count). The quantitative estimate of drug-likeness (QED) is 0.788. The van der Waals surface area contributed by atoms with Crippen LogP contribution in [-0.2, 0) is 14.6 Å². The number of sulfone groups is 1. The summed E-state index contributed by atoms with van der Waals surface area (Å²) >= 11 is 1.08. The Labute approximate surface area is 137 Å². The van der Waals surface area contributed by atoms with E-state index in [1.165, 1.54) is 0 Å². The number of hydrogen-bond acceptors (Lipinski definition) is 5. The number of rotatable bonds is 4. The normalized spacial score (nSPS) is 11.5. The average Bonchev–Trinajstić information content (AvgIpc) is 2.94. The van der Waals surface area contributed by atoms with E-state index in [0.29, 0.717) is 11.2 Å². The van der Waals surface area contributed by atoms with E-state index in [1.54, 1.807) is 30.3 Å². The third-order valence-electron chi connectivity index (χ3n) is 3.20. The average molecular weight is 346 g/mol. The van der Waals surface area contributed by atoms with Crippen molar-refractivity contribution in [2.45, 2.75) is 11.3 Å². The lowest BCUT2D eigenvalue weighted by Gasteiger charge is -2.05. The highest BCUT2D eigenvalue weighted by Crippen LogP contribution is 2.25. The van der Waals surface area contributed by atoms with Crippen LogP contribution < -0.4 is 5.32 Å². The van der Waals surface area contributed by atoms with Crippen molar-refractivity contribution in [3.63, 3.8) is 0 Å². The van der Waals surface area contributed by atoms with E-state index in [9.17, 15) is 13.2 Å². The molecule has 0 bridgehead atoms. The van der Waals surface area contributed by atoms with Crippen LogP contribution in [0.15, 0.2) is 52.9 Å². The Balaban J connectivity index is 1.77. The van der Waals surface area contributed by atoms with Gasteiger partial charge in [-0.2, -0.15) is 0 Å². The molecule has 3 aromatic rings. The van der Waals surface area contributed by atoms with Gasteiger partial charge in [0.1, 0.15) is 5.75 Å². The number of thiazole rings is 1. The number of amides is 1. The Bertz CT molecular complexity index is 927. The summed E-state index contributed by atoms with van der Waals surface area (Å²) in [6, 6.07) is 14.3. The van der Waals surface area contributed by atoms with Crippen molar-refractivity contribution < 1.29 is 13.2 Å². The maximum atomic E-state index is 12.3. The minimum atomic E-state index is -3.75. The van der Waals surface area contributed by atoms with Crippen molar-refractivity contribution in [1.82, 2.24) is 4.98 Å². The Morgan fingerprint density at radius 2 is 1.83 bits per heavy atom. The summed E-state index contributed by atoms with van der Waals surface area (Å²) in [6.45, 7) is 1.93. The summed E-state index contributed by atoms with van der Waals surface area (Å²) in [7, 11) is -3.75. The van der Waals surface area contributed by atoms with Crippen LogP contribution in [0, 0.1) is 6.92 Å². The fourth-order valence-corrected chi connectivity index (χ4v) is 4.48. The van der Waals surface area contributed by atoms with E-state index in [-0.39, 0.29) is 4.34 Å². The highest BCUT2D eigenvalue weighted by atomic mass is 32.2. The van der Waals surface area contributed by atoms with Gasteiger partial charge in [-0.25, -0.2) is 13.4 Å². The van der Waals surface area contributed by atoms with Crippen molar-refractivity contribution in [1.29, 1.82) is 0 Å². The molecule has 7 heteroatoms. The molecule has 0 spiro atoms. The summed E-state index contributed by atoms with van der Waals surface area (Å²) in [5, 5.41) is 2.59. The van der Waals surface area contributed by atoms with Gasteiger partial charge >= 0.3 is 0 Å². The number of carbonyl (C=O) groups is 1. The number of fused-ring (bicyclic) bond motifs is 1. The van der Waals surface area contributed by atoms with Gasteiger partial charge in [-0.05, 0) is 31.2 Å². The smallest absolute Gasteiger partial charge is 0.240 e. The molecule has 118 valence electrons. The van der Waals surface area contributed by atoms with Crippen LogP contribution in [0.3, 0.4) is 0 Å². The van der Waals surface area contributed by atoms with Crippen LogP contribution in [0.1, 0.15) is 5.56 Å². The molecule has 2 aromatic carbocycles. The molecule has 0 unspecified atom stereocenters. The third kappa shape index (κ3) is 3.57. The van der Waals surface area contributed by atoms with Crippen molar-refractivity contribution in [2.75, 3.05) is 11.1 Å². The summed E-state index contributed by atoms with van der Waals surface area (Å²) in [6.07, 6.45) is 0. The summed E-state index contributed by atoms with van der Waals surface area (Å²) in [5.74, 6) is -1.20. The first-order chi connectivity index (χ1) is 10.9. The van der Waals surface area contributed by atoms with Crippen LogP contribution in [-0.4, -0.2) is 25.1 Å². The molecule has 23 heavy (non-hydrogen) atoms. The third-order valence-corrected chi connectivity index (χ3v) is 6.31. The number of hydrogen-bond donors (Lipinski definition) is 1. The van der Waals surface area contributed by atoms with E-state index in [4.69, 9.17) is 0 Å². The number of anilines is 1. The Hall–Kier alpha value is -2.25. The lowest BCUT2D eigenvalue weighted by Crippen LogP contribution is -2.22. The van der Waals surface area contributed by atoms with Crippen LogP contribution >= 0.6 is 11.3 Å². The minimum Gasteiger partial charge on any atom is -0.325 e. The van der Waals surface area contributed by atoms with Crippen molar-refractivity contribution >= 4 is 43.0 Å². The molecule has 1 amide bonds. The maximum absolute atomic E-state index is 12.3. The van der Waals surface area contributed by atoms with Crippen LogP contribution in [0.25, 0.3) is 10.2 Å². The first kappa shape index (κ1) is 15.6. The highest BCUT2D eigenvalue weighted by Gasteiger charge is 2.23. The van der Waals surface area contributed by atoms with Crippen LogP contribution in [0.5, 0.6) is 0 Å². The zero-order chi connectivity index (χ0) is 16.4. The zero-order valence-electron chi connectivity index (χ0n) is 12.3. The number of nitrogens with one attached hydrogen (secondary N) is 1. The van der Waals surface area contributed by atoms with Gasteiger partial charge in [0.15, 0.2) is 0 Å². The van der Waals surface area contributed by atoms with Gasteiger partial charge in [0.2, 0.25) is 20.1 Å². The molecule has 0 aliphatic rings. The standard InChI is InChI=1S/C16H14N2O3S2/c1-11-6-8-12(9-7-11)17-15(19)10-23(20,21)16-18-13-4-2-3-5-14(13)22-16/h2-9H,10H2,1H3,(H,17,19). The van der Waals surface area contributed by atoms with Crippen molar-refractivity contribution in [3.05, 3.63) is 54.1 Å². The van der Waals surface area contributed by atoms with E-state index in [2.05, 4.69) is 10.3 Å². The van der Waals surface area contributed by atoms with Gasteiger partial charge in [0.25, 0.3) is 0 Å². The number of benzene rings is 2. The molecule has 0 aliphatic heterocycles. The first-order valence-electron chi connectivity index (χ1n) is 6.89. The van der Waals surface area contributed by atoms with Crippen molar-refractivity contribution in [3.8, 4) is 0 Å². The fourth-order valence-electron chi connectivity index (χ4n) is 2.05. The molecular formula is C16H14N2O3S2. The predicted octanol–water partition coefficient (Wildman–Crippen LogP) is 3.02. The van der Waals surface area contributed by atoms with E-state index in [0.717, 1.165) is 21.6 Å². The maximum Gasteiger partial charge on any atom is 0.240 e. The van der Waals surface area contributed by atoms with Gasteiger partial charge in [0.05, 0.1) is 10.2 Å². The number of nitrogens with zero attached hydrogens (tertiary/aromatic N) is 1. The summed E-state index contributed by atoms with van der Waals surface area (Å²) in [5.41, 5.74) is 2.25. The van der Waals surface area contributed by atoms with E-state index < -0.39 is 21.5 Å². The first-order valence-corrected chi connectivity index (χ1v) is 9.36. The molecule has 0 saturated heterocycles. The number of aromatic nitrogens is 1. The lowest BCUT2D eigenvalue weighted by molar-refractivity contribution is -0.113. The van der Waals surface area contributed by atoms with Gasteiger partial charge in [-0.1, -0.05) is 29.8 Å². The zero-order valence-corrected chi connectivity index (χ0v) is 13.9. The Morgan fingerprint density at radius 3 is 2.52 bits per heavy atom. The number of carbonyl (C=O) groups excluding carboxylic acids is 1. The molecule has 1 aromatic heterocycles. The second-order valence-electron chi connectivity index (χ2n) is 5.12. The number of aryl methyl sites for hydroxylation is 1. The monoisotopic (exact) mass is 346 g/mol. The molecule has 0 radical (unpaired) electrons. The molecule has 1 heterocycles. The Kier molecular flexibility index (Phi) is 4.14. The van der Waals surface area contributed by atoms with Crippen LogP contribution in [0.4, 0.5) is 5.69 Å². The Morgan fingerprint density at radius 1 is 1.13 bits per heavy atom. The highest BCUT2D eigenvalue weighted by molar-refractivity contribution is 7.94. The van der Waals surface area contributed by atoms with Crippen molar-refractivity contribution in [2.24, 2.45) is 0 Å². The van der Waals surface area contributed by atoms with Gasteiger partial charge in [0, 0.05) is 5.69 Å². The lowest BCUT2D eigenvalue weighted by atomic mass is 10.2. The molecule has 1 N–H and O–H groups in total. The molecular weight excluding hydrogens is 332 g/mol. The topological polar surface area (TPSA) is 76.1 Å². The van der Waals surface area contributed by atoms with E-state index in [1.807, 2.05) is 25.1 Å². The minimum absolute atomic E-state index is 0.0299. The van der Waals surface area contributed by atoms with Gasteiger partial charge < -0.3 is 5.32 Å². The van der Waals surface area contributed by atoms with Crippen LogP contribution in [0.2, 0.25) is 0 Å². The second-order valence-corrected chi connectivity index (χ2v) is 8.31. The SMILES string of the molecule is Cc1ccc(NC(=O)CS(=O)(=O)c2nc3ccccc3s2)cc1.